The van der Waals surface area contributed by atoms with Crippen LogP contribution in [0.25, 0.3) is 16.6 Å². The van der Waals surface area contributed by atoms with Gasteiger partial charge in [0.15, 0.2) is 5.16 Å². The standard InChI is InChI=1S/C18H15ClN2O3S/c1-11(17(23)24-2)25-18-20-15-6-4-3-5-14(15)16(22)21(18)13-9-7-12(19)8-10-13/h3-11H,1-2H3. The molecule has 1 unspecified atom stereocenters. The van der Waals surface area contributed by atoms with Crippen LogP contribution in [0.1, 0.15) is 6.92 Å². The molecule has 0 spiro atoms. The quantitative estimate of drug-likeness (QED) is 0.396. The van der Waals surface area contributed by atoms with Gasteiger partial charge in [-0.1, -0.05) is 35.5 Å². The van der Waals surface area contributed by atoms with Crippen molar-refractivity contribution < 1.29 is 9.53 Å². The Kier molecular flexibility index (Phi) is 5.11. The second-order valence-electron chi connectivity index (χ2n) is 5.31. The molecule has 1 atom stereocenters. The van der Waals surface area contributed by atoms with Crippen LogP contribution in [0.4, 0.5) is 0 Å². The molecule has 25 heavy (non-hydrogen) atoms. The molecule has 7 heteroatoms. The fraction of sp³-hybridized carbons (Fsp3) is 0.167. The number of para-hydroxylation sites is 1. The van der Waals surface area contributed by atoms with Crippen molar-refractivity contribution in [1.82, 2.24) is 9.55 Å². The average Bonchev–Trinajstić information content (AvgIpc) is 2.62. The third-order valence-corrected chi connectivity index (χ3v) is 4.93. The van der Waals surface area contributed by atoms with E-state index >= 15 is 0 Å². The predicted octanol–water partition coefficient (Wildman–Crippen LogP) is 3.69. The van der Waals surface area contributed by atoms with Crippen molar-refractivity contribution in [2.75, 3.05) is 7.11 Å². The van der Waals surface area contributed by atoms with E-state index in [4.69, 9.17) is 16.3 Å². The van der Waals surface area contributed by atoms with E-state index in [-0.39, 0.29) is 11.5 Å². The topological polar surface area (TPSA) is 61.2 Å². The molecule has 3 aromatic rings. The zero-order chi connectivity index (χ0) is 18.0. The summed E-state index contributed by atoms with van der Waals surface area (Å²) in [4.78, 5) is 29.4. The maximum absolute atomic E-state index is 13.0. The summed E-state index contributed by atoms with van der Waals surface area (Å²) in [7, 11) is 1.33. The fourth-order valence-electron chi connectivity index (χ4n) is 2.38. The van der Waals surface area contributed by atoms with Crippen molar-refractivity contribution in [3.8, 4) is 5.69 Å². The number of aromatic nitrogens is 2. The van der Waals surface area contributed by atoms with Gasteiger partial charge in [0.25, 0.3) is 5.56 Å². The van der Waals surface area contributed by atoms with E-state index in [1.54, 1.807) is 49.4 Å². The molecule has 0 bridgehead atoms. The number of hydrogen-bond donors (Lipinski definition) is 0. The Morgan fingerprint density at radius 1 is 1.20 bits per heavy atom. The number of halogens is 1. The summed E-state index contributed by atoms with van der Waals surface area (Å²) in [6.45, 7) is 1.71. The van der Waals surface area contributed by atoms with Gasteiger partial charge in [-0.15, -0.1) is 0 Å². The lowest BCUT2D eigenvalue weighted by molar-refractivity contribution is -0.139. The third-order valence-electron chi connectivity index (χ3n) is 3.65. The van der Waals surface area contributed by atoms with Gasteiger partial charge in [0.1, 0.15) is 5.25 Å². The van der Waals surface area contributed by atoms with E-state index in [0.717, 1.165) is 0 Å². The van der Waals surface area contributed by atoms with Crippen LogP contribution < -0.4 is 5.56 Å². The van der Waals surface area contributed by atoms with Crippen LogP contribution in [0, 0.1) is 0 Å². The number of hydrogen-bond acceptors (Lipinski definition) is 5. The molecule has 0 amide bonds. The molecule has 0 aliphatic carbocycles. The number of rotatable bonds is 4. The molecule has 1 heterocycles. The summed E-state index contributed by atoms with van der Waals surface area (Å²) in [6.07, 6.45) is 0. The first kappa shape index (κ1) is 17.5. The first-order valence-electron chi connectivity index (χ1n) is 7.53. The van der Waals surface area contributed by atoms with Gasteiger partial charge in [-0.3, -0.25) is 14.2 Å². The Hall–Kier alpha value is -2.31. The second-order valence-corrected chi connectivity index (χ2v) is 7.06. The van der Waals surface area contributed by atoms with Crippen LogP contribution in [0.3, 0.4) is 0 Å². The van der Waals surface area contributed by atoms with E-state index in [1.165, 1.54) is 23.4 Å². The van der Waals surface area contributed by atoms with E-state index in [9.17, 15) is 9.59 Å². The SMILES string of the molecule is COC(=O)C(C)Sc1nc2ccccc2c(=O)n1-c1ccc(Cl)cc1. The highest BCUT2D eigenvalue weighted by Gasteiger charge is 2.20. The van der Waals surface area contributed by atoms with E-state index in [2.05, 4.69) is 4.98 Å². The number of ether oxygens (including phenoxy) is 1. The van der Waals surface area contributed by atoms with Crippen molar-refractivity contribution >= 4 is 40.2 Å². The summed E-state index contributed by atoms with van der Waals surface area (Å²) in [5.74, 6) is -0.380. The largest absolute Gasteiger partial charge is 0.468 e. The molecule has 0 saturated heterocycles. The van der Waals surface area contributed by atoms with Crippen molar-refractivity contribution in [2.45, 2.75) is 17.3 Å². The molecule has 0 radical (unpaired) electrons. The summed E-state index contributed by atoms with van der Waals surface area (Å²) in [5.41, 5.74) is 1.01. The van der Waals surface area contributed by atoms with E-state index in [0.29, 0.717) is 26.8 Å². The molecule has 0 aliphatic heterocycles. The maximum Gasteiger partial charge on any atom is 0.318 e. The molecular weight excluding hydrogens is 360 g/mol. The molecule has 0 saturated carbocycles. The number of carbonyl (C=O) groups is 1. The first-order chi connectivity index (χ1) is 12.0. The second kappa shape index (κ2) is 7.29. The van der Waals surface area contributed by atoms with Gasteiger partial charge in [-0.25, -0.2) is 4.98 Å². The Morgan fingerprint density at radius 3 is 2.56 bits per heavy atom. The highest BCUT2D eigenvalue weighted by atomic mass is 35.5. The smallest absolute Gasteiger partial charge is 0.318 e. The molecule has 0 fully saturated rings. The van der Waals surface area contributed by atoms with Gasteiger partial charge in [0.2, 0.25) is 0 Å². The zero-order valence-electron chi connectivity index (χ0n) is 13.6. The molecule has 0 aliphatic rings. The number of esters is 1. The third kappa shape index (κ3) is 3.55. The summed E-state index contributed by atoms with van der Waals surface area (Å²) < 4.78 is 6.26. The molecule has 5 nitrogen and oxygen atoms in total. The monoisotopic (exact) mass is 374 g/mol. The molecule has 1 aromatic heterocycles. The number of thioether (sulfide) groups is 1. The molecule has 128 valence electrons. The van der Waals surface area contributed by atoms with Gasteiger partial charge >= 0.3 is 5.97 Å². The predicted molar refractivity (Wildman–Crippen MR) is 99.7 cm³/mol. The lowest BCUT2D eigenvalue weighted by Crippen LogP contribution is -2.24. The van der Waals surface area contributed by atoms with Crippen LogP contribution in [0.2, 0.25) is 5.02 Å². The Balaban J connectivity index is 2.22. The normalized spacial score (nSPS) is 12.1. The van der Waals surface area contributed by atoms with Crippen LogP contribution in [-0.4, -0.2) is 27.9 Å². The number of benzene rings is 2. The minimum atomic E-state index is -0.503. The highest BCUT2D eigenvalue weighted by Crippen LogP contribution is 2.26. The van der Waals surface area contributed by atoms with Gasteiger partial charge in [0.05, 0.1) is 23.7 Å². The lowest BCUT2D eigenvalue weighted by atomic mass is 10.2. The fourth-order valence-corrected chi connectivity index (χ4v) is 3.46. The van der Waals surface area contributed by atoms with Crippen molar-refractivity contribution in [1.29, 1.82) is 0 Å². The minimum absolute atomic E-state index is 0.201. The molecule has 2 aromatic carbocycles. The van der Waals surface area contributed by atoms with E-state index < -0.39 is 5.25 Å². The number of carbonyl (C=O) groups excluding carboxylic acids is 1. The summed E-state index contributed by atoms with van der Waals surface area (Å²) in [5, 5.41) is 0.996. The van der Waals surface area contributed by atoms with E-state index in [1.807, 2.05) is 6.07 Å². The number of nitrogens with zero attached hydrogens (tertiary/aromatic N) is 2. The van der Waals surface area contributed by atoms with Crippen molar-refractivity contribution in [2.24, 2.45) is 0 Å². The van der Waals surface area contributed by atoms with Crippen molar-refractivity contribution in [3.63, 3.8) is 0 Å². The Bertz CT molecular complexity index is 986. The Morgan fingerprint density at radius 2 is 1.88 bits per heavy atom. The van der Waals surface area contributed by atoms with Gasteiger partial charge < -0.3 is 4.74 Å². The first-order valence-corrected chi connectivity index (χ1v) is 8.79. The van der Waals surface area contributed by atoms with Crippen molar-refractivity contribution in [3.05, 3.63) is 63.9 Å². The summed E-state index contributed by atoms with van der Waals surface area (Å²) >= 11 is 7.12. The van der Waals surface area contributed by atoms with Gasteiger partial charge in [-0.2, -0.15) is 0 Å². The lowest BCUT2D eigenvalue weighted by Gasteiger charge is -2.15. The van der Waals surface area contributed by atoms with Gasteiger partial charge in [0, 0.05) is 5.02 Å². The van der Waals surface area contributed by atoms with Crippen LogP contribution >= 0.6 is 23.4 Å². The highest BCUT2D eigenvalue weighted by molar-refractivity contribution is 8.00. The maximum atomic E-state index is 13.0. The molecule has 0 N–H and O–H groups in total. The Labute approximate surface area is 153 Å². The average molecular weight is 375 g/mol. The van der Waals surface area contributed by atoms with Crippen LogP contribution in [-0.2, 0) is 9.53 Å². The zero-order valence-corrected chi connectivity index (χ0v) is 15.2. The number of methoxy groups -OCH3 is 1. The van der Waals surface area contributed by atoms with Gasteiger partial charge in [-0.05, 0) is 43.3 Å². The number of fused-ring (bicyclic) bond motifs is 1. The summed E-state index contributed by atoms with van der Waals surface area (Å²) in [6, 6.07) is 14.0. The van der Waals surface area contributed by atoms with Crippen LogP contribution in [0.5, 0.6) is 0 Å². The van der Waals surface area contributed by atoms with Crippen LogP contribution in [0.15, 0.2) is 58.5 Å². The molecule has 3 rings (SSSR count). The molecular formula is C18H15ClN2O3S. The minimum Gasteiger partial charge on any atom is -0.468 e.